The van der Waals surface area contributed by atoms with Gasteiger partial charge in [-0.25, -0.2) is 9.89 Å². The number of rotatable bonds is 3. The van der Waals surface area contributed by atoms with E-state index in [0.717, 1.165) is 11.3 Å². The molecule has 1 heterocycles. The van der Waals surface area contributed by atoms with Crippen molar-refractivity contribution in [2.75, 3.05) is 0 Å². The molecule has 0 atom stereocenters. The first-order chi connectivity index (χ1) is 10.2. The Bertz CT molecular complexity index is 595. The summed E-state index contributed by atoms with van der Waals surface area (Å²) in [5.41, 5.74) is 0.869. The van der Waals surface area contributed by atoms with Crippen molar-refractivity contribution in [2.24, 2.45) is 0 Å². The minimum Gasteiger partial charge on any atom is -0.431 e. The smallest absolute Gasteiger partial charge is 0.431 e. The molecule has 1 saturated carbocycles. The second kappa shape index (κ2) is 6.10. The van der Waals surface area contributed by atoms with Gasteiger partial charge in [0, 0.05) is 5.56 Å². The fourth-order valence-electron chi connectivity index (χ4n) is 2.36. The van der Waals surface area contributed by atoms with E-state index in [2.05, 4.69) is 10.2 Å². The van der Waals surface area contributed by atoms with Crippen LogP contribution >= 0.6 is 0 Å². The van der Waals surface area contributed by atoms with Crippen molar-refractivity contribution in [1.82, 2.24) is 10.2 Å². The highest BCUT2D eigenvalue weighted by Crippen LogP contribution is 2.38. The average Bonchev–Trinajstić information content (AvgIpc) is 2.32. The summed E-state index contributed by atoms with van der Waals surface area (Å²) in [4.78, 5) is 23.5. The molecule has 0 saturated heterocycles. The van der Waals surface area contributed by atoms with Gasteiger partial charge in [-0.15, -0.1) is 0 Å². The monoisotopic (exact) mass is 308 g/mol. The largest absolute Gasteiger partial charge is 0.509 e. The third-order valence-electron chi connectivity index (χ3n) is 3.63. The first-order valence-corrected chi connectivity index (χ1v) is 7.65. The third kappa shape index (κ3) is 4.08. The fourth-order valence-corrected chi connectivity index (χ4v) is 2.36. The second-order valence-electron chi connectivity index (χ2n) is 7.10. The molecule has 1 aliphatic rings. The molecule has 1 N–H and O–H groups in total. The molecule has 6 nitrogen and oxygen atoms in total. The number of ether oxygens (including phenoxy) is 2. The first kappa shape index (κ1) is 16.5. The first-order valence-electron chi connectivity index (χ1n) is 7.65. The highest BCUT2D eigenvalue weighted by molar-refractivity contribution is 5.60. The number of H-pyrrole nitrogens is 1. The topological polar surface area (TPSA) is 81.3 Å². The van der Waals surface area contributed by atoms with Crippen molar-refractivity contribution in [3.63, 3.8) is 0 Å². The molecule has 0 amide bonds. The Balaban J connectivity index is 1.93. The summed E-state index contributed by atoms with van der Waals surface area (Å²) in [5, 5.41) is 6.59. The van der Waals surface area contributed by atoms with Crippen molar-refractivity contribution in [2.45, 2.75) is 71.0 Å². The fraction of sp³-hybridized carbons (Fsp3) is 0.688. The molecule has 0 radical (unpaired) electrons. The lowest BCUT2D eigenvalue weighted by molar-refractivity contribution is -0.0481. The molecule has 6 heteroatoms. The van der Waals surface area contributed by atoms with Crippen molar-refractivity contribution in [3.8, 4) is 0 Å². The van der Waals surface area contributed by atoms with Crippen LogP contribution in [0.2, 0.25) is 0 Å². The van der Waals surface area contributed by atoms with Gasteiger partial charge in [0.05, 0.1) is 5.69 Å². The predicted octanol–water partition coefficient (Wildman–Crippen LogP) is 3.09. The Morgan fingerprint density at radius 3 is 2.55 bits per heavy atom. The van der Waals surface area contributed by atoms with Crippen LogP contribution in [0.15, 0.2) is 10.9 Å². The molecular formula is C16H24N2O4. The number of carbonyl (C=O) groups is 1. The molecule has 22 heavy (non-hydrogen) atoms. The summed E-state index contributed by atoms with van der Waals surface area (Å²) in [5.74, 6) is 0.362. The van der Waals surface area contributed by atoms with E-state index in [9.17, 15) is 9.59 Å². The predicted molar refractivity (Wildman–Crippen MR) is 82.0 cm³/mol. The standard InChI is InChI=1S/C16H24N2O4/c1-9(2)13-8-12(14(19)18-17-13)10-6-11(7-10)21-15(20)22-16(3,4)5/h8-11H,6-7H2,1-5H3,(H,18,19). The number of nitrogens with one attached hydrogen (secondary N) is 1. The van der Waals surface area contributed by atoms with Gasteiger partial charge in [-0.3, -0.25) is 4.79 Å². The number of carbonyl (C=O) groups excluding carboxylic acids is 1. The lowest BCUT2D eigenvalue weighted by Gasteiger charge is -2.34. The summed E-state index contributed by atoms with van der Waals surface area (Å²) in [6, 6.07) is 1.86. The van der Waals surface area contributed by atoms with Crippen molar-refractivity contribution in [1.29, 1.82) is 0 Å². The zero-order valence-electron chi connectivity index (χ0n) is 13.8. The van der Waals surface area contributed by atoms with Gasteiger partial charge in [0.25, 0.3) is 5.56 Å². The van der Waals surface area contributed by atoms with E-state index in [1.807, 2.05) is 19.9 Å². The van der Waals surface area contributed by atoms with Crippen LogP contribution in [0.25, 0.3) is 0 Å². The molecule has 1 fully saturated rings. The van der Waals surface area contributed by atoms with Gasteiger partial charge < -0.3 is 9.47 Å². The highest BCUT2D eigenvalue weighted by atomic mass is 16.7. The number of nitrogens with zero attached hydrogens (tertiary/aromatic N) is 1. The molecule has 1 aromatic rings. The van der Waals surface area contributed by atoms with E-state index >= 15 is 0 Å². The van der Waals surface area contributed by atoms with Gasteiger partial charge in [-0.05, 0) is 51.5 Å². The quantitative estimate of drug-likeness (QED) is 0.868. The van der Waals surface area contributed by atoms with Gasteiger partial charge in [-0.2, -0.15) is 5.10 Å². The molecule has 0 aliphatic heterocycles. The minimum atomic E-state index is -0.651. The maximum atomic E-state index is 11.9. The van der Waals surface area contributed by atoms with E-state index in [1.54, 1.807) is 20.8 Å². The Morgan fingerprint density at radius 2 is 2.00 bits per heavy atom. The van der Waals surface area contributed by atoms with Crippen molar-refractivity contribution in [3.05, 3.63) is 27.7 Å². The summed E-state index contributed by atoms with van der Waals surface area (Å²) in [6.07, 6.45) is 0.450. The molecule has 1 aromatic heterocycles. The normalized spacial score (nSPS) is 21.4. The van der Waals surface area contributed by atoms with Gasteiger partial charge in [0.2, 0.25) is 0 Å². The summed E-state index contributed by atoms with van der Waals surface area (Å²) in [7, 11) is 0. The zero-order valence-corrected chi connectivity index (χ0v) is 13.8. The van der Waals surface area contributed by atoms with Crippen molar-refractivity contribution < 1.29 is 14.3 Å². The molecule has 2 rings (SSSR count). The van der Waals surface area contributed by atoms with Gasteiger partial charge in [-0.1, -0.05) is 13.8 Å². The molecule has 0 aromatic carbocycles. The van der Waals surface area contributed by atoms with Crippen LogP contribution in [0.1, 0.15) is 70.6 Å². The molecule has 122 valence electrons. The van der Waals surface area contributed by atoms with Gasteiger partial charge in [0.1, 0.15) is 11.7 Å². The molecule has 0 spiro atoms. The van der Waals surface area contributed by atoms with Crippen LogP contribution in [0.5, 0.6) is 0 Å². The Labute approximate surface area is 130 Å². The summed E-state index contributed by atoms with van der Waals surface area (Å²) in [6.45, 7) is 9.44. The number of aromatic amines is 1. The molecule has 1 aliphatic carbocycles. The van der Waals surface area contributed by atoms with E-state index in [1.165, 1.54) is 0 Å². The second-order valence-corrected chi connectivity index (χ2v) is 7.10. The Hall–Kier alpha value is -1.85. The number of hydrogen-bond acceptors (Lipinski definition) is 5. The molecular weight excluding hydrogens is 284 g/mol. The average molecular weight is 308 g/mol. The van der Waals surface area contributed by atoms with Gasteiger partial charge in [0.15, 0.2) is 0 Å². The van der Waals surface area contributed by atoms with E-state index in [0.29, 0.717) is 12.8 Å². The number of aromatic nitrogens is 2. The Kier molecular flexibility index (Phi) is 4.58. The van der Waals surface area contributed by atoms with E-state index < -0.39 is 11.8 Å². The van der Waals surface area contributed by atoms with E-state index in [4.69, 9.17) is 9.47 Å². The lowest BCUT2D eigenvalue weighted by atomic mass is 9.77. The van der Waals surface area contributed by atoms with Crippen LogP contribution < -0.4 is 5.56 Å². The minimum absolute atomic E-state index is 0.108. The van der Waals surface area contributed by atoms with Crippen LogP contribution in [-0.2, 0) is 9.47 Å². The summed E-state index contributed by atoms with van der Waals surface area (Å²) < 4.78 is 10.4. The van der Waals surface area contributed by atoms with E-state index in [-0.39, 0.29) is 23.5 Å². The molecule has 0 bridgehead atoms. The van der Waals surface area contributed by atoms with Crippen molar-refractivity contribution >= 4 is 6.16 Å². The van der Waals surface area contributed by atoms with Crippen LogP contribution in [0.4, 0.5) is 4.79 Å². The zero-order chi connectivity index (χ0) is 16.5. The SMILES string of the molecule is CC(C)c1cc(C2CC(OC(=O)OC(C)(C)C)C2)c(=O)[nH]n1. The van der Waals surface area contributed by atoms with Crippen LogP contribution in [-0.4, -0.2) is 28.1 Å². The summed E-state index contributed by atoms with van der Waals surface area (Å²) >= 11 is 0. The highest BCUT2D eigenvalue weighted by Gasteiger charge is 2.36. The maximum Gasteiger partial charge on any atom is 0.509 e. The van der Waals surface area contributed by atoms with Crippen LogP contribution in [0, 0.1) is 0 Å². The molecule has 0 unspecified atom stereocenters. The number of hydrogen-bond donors (Lipinski definition) is 1. The maximum absolute atomic E-state index is 11.9. The van der Waals surface area contributed by atoms with Gasteiger partial charge >= 0.3 is 6.16 Å². The Morgan fingerprint density at radius 1 is 1.36 bits per heavy atom. The van der Waals surface area contributed by atoms with Crippen LogP contribution in [0.3, 0.4) is 0 Å². The third-order valence-corrected chi connectivity index (χ3v) is 3.63. The lowest BCUT2D eigenvalue weighted by Crippen LogP contribution is -2.36.